The summed E-state index contributed by atoms with van der Waals surface area (Å²) in [6.45, 7) is -0.554. The van der Waals surface area contributed by atoms with Gasteiger partial charge in [0.15, 0.2) is 11.5 Å². The van der Waals surface area contributed by atoms with Crippen LogP contribution in [0.5, 0.6) is 11.5 Å². The van der Waals surface area contributed by atoms with Crippen LogP contribution < -0.4 is 25.5 Å². The summed E-state index contributed by atoms with van der Waals surface area (Å²) in [6.07, 6.45) is 1.59. The lowest BCUT2D eigenvalue weighted by Gasteiger charge is -2.22. The Morgan fingerprint density at radius 2 is 1.57 bits per heavy atom. The lowest BCUT2D eigenvalue weighted by atomic mass is 10.1. The van der Waals surface area contributed by atoms with Crippen LogP contribution in [0, 0.1) is 0 Å². The number of ether oxygens (including phenoxy) is 2. The number of anilines is 1. The SMILES string of the molecule is COc1ccc(S(=O)(=O)N(CCc2ccccc2)CC(=O)N/N=C\c2ccc(CNC(=O)C(=O)Nc3ccccc3)o2)cc1OC. The summed E-state index contributed by atoms with van der Waals surface area (Å²) in [5.74, 6) is -1.18. The van der Waals surface area contributed by atoms with Crippen LogP contribution in [0.25, 0.3) is 0 Å². The molecule has 240 valence electrons. The number of para-hydroxylation sites is 1. The standard InChI is InChI=1S/C32H33N5O8S/c1-43-28-16-15-27(19-29(28)44-2)46(41,42)37(18-17-23-9-5-3-6-10-23)22-30(38)36-34-21-26-14-13-25(45-26)20-33-31(39)32(40)35-24-11-7-4-8-12-24/h3-16,19,21H,17-18,20,22H2,1-2H3,(H,33,39)(H,35,40)(H,36,38)/b34-21-. The summed E-state index contributed by atoms with van der Waals surface area (Å²) >= 11 is 0. The first-order valence-electron chi connectivity index (χ1n) is 14.0. The van der Waals surface area contributed by atoms with E-state index in [0.717, 1.165) is 9.87 Å². The van der Waals surface area contributed by atoms with Crippen molar-refractivity contribution in [3.05, 3.63) is 108 Å². The summed E-state index contributed by atoms with van der Waals surface area (Å²) in [5.41, 5.74) is 3.70. The molecular weight excluding hydrogens is 614 g/mol. The van der Waals surface area contributed by atoms with Gasteiger partial charge in [-0.1, -0.05) is 48.5 Å². The maximum Gasteiger partial charge on any atom is 0.313 e. The van der Waals surface area contributed by atoms with Gasteiger partial charge in [0.25, 0.3) is 5.91 Å². The van der Waals surface area contributed by atoms with E-state index in [-0.39, 0.29) is 29.5 Å². The van der Waals surface area contributed by atoms with E-state index in [4.69, 9.17) is 13.9 Å². The first-order valence-corrected chi connectivity index (χ1v) is 15.4. The summed E-state index contributed by atoms with van der Waals surface area (Å²) < 4.78 is 44.4. The normalized spacial score (nSPS) is 11.3. The van der Waals surface area contributed by atoms with E-state index in [9.17, 15) is 22.8 Å². The van der Waals surface area contributed by atoms with Gasteiger partial charge >= 0.3 is 11.8 Å². The number of rotatable bonds is 14. The summed E-state index contributed by atoms with van der Waals surface area (Å²) in [7, 11) is -1.29. The smallest absolute Gasteiger partial charge is 0.313 e. The fourth-order valence-electron chi connectivity index (χ4n) is 4.19. The van der Waals surface area contributed by atoms with Crippen molar-refractivity contribution in [3.63, 3.8) is 0 Å². The van der Waals surface area contributed by atoms with Gasteiger partial charge in [-0.2, -0.15) is 9.41 Å². The predicted octanol–water partition coefficient (Wildman–Crippen LogP) is 2.94. The van der Waals surface area contributed by atoms with Crippen LogP contribution >= 0.6 is 0 Å². The quantitative estimate of drug-likeness (QED) is 0.107. The van der Waals surface area contributed by atoms with E-state index in [0.29, 0.717) is 23.6 Å². The highest BCUT2D eigenvalue weighted by Crippen LogP contribution is 2.30. The molecule has 0 bridgehead atoms. The maximum absolute atomic E-state index is 13.6. The van der Waals surface area contributed by atoms with Crippen LogP contribution in [0.2, 0.25) is 0 Å². The number of nitrogens with one attached hydrogen (secondary N) is 3. The fourth-order valence-corrected chi connectivity index (χ4v) is 5.60. The molecule has 0 aliphatic rings. The number of methoxy groups -OCH3 is 2. The van der Waals surface area contributed by atoms with Crippen LogP contribution in [0.4, 0.5) is 5.69 Å². The molecule has 3 aromatic carbocycles. The van der Waals surface area contributed by atoms with Gasteiger partial charge in [0, 0.05) is 18.3 Å². The molecule has 0 saturated heterocycles. The Morgan fingerprint density at radius 1 is 0.870 bits per heavy atom. The molecule has 0 saturated carbocycles. The van der Waals surface area contributed by atoms with Gasteiger partial charge < -0.3 is 24.5 Å². The zero-order valence-corrected chi connectivity index (χ0v) is 26.0. The van der Waals surface area contributed by atoms with Gasteiger partial charge in [-0.05, 0) is 48.4 Å². The minimum Gasteiger partial charge on any atom is -0.493 e. The van der Waals surface area contributed by atoms with Crippen LogP contribution in [-0.4, -0.2) is 64.0 Å². The van der Waals surface area contributed by atoms with Crippen molar-refractivity contribution in [1.29, 1.82) is 0 Å². The van der Waals surface area contributed by atoms with Gasteiger partial charge in [-0.25, -0.2) is 13.8 Å². The summed E-state index contributed by atoms with van der Waals surface area (Å²) in [6, 6.07) is 25.2. The van der Waals surface area contributed by atoms with Gasteiger partial charge in [0.1, 0.15) is 11.5 Å². The highest BCUT2D eigenvalue weighted by molar-refractivity contribution is 7.89. The highest BCUT2D eigenvalue weighted by atomic mass is 32.2. The molecule has 14 heteroatoms. The van der Waals surface area contributed by atoms with Crippen LogP contribution in [0.15, 0.2) is 105 Å². The van der Waals surface area contributed by atoms with Crippen molar-refractivity contribution in [2.75, 3.05) is 32.6 Å². The molecule has 1 heterocycles. The zero-order valence-electron chi connectivity index (χ0n) is 25.1. The van der Waals surface area contributed by atoms with Gasteiger partial charge in [0.05, 0.1) is 38.4 Å². The third-order valence-corrected chi connectivity index (χ3v) is 8.37. The van der Waals surface area contributed by atoms with E-state index in [1.54, 1.807) is 42.5 Å². The van der Waals surface area contributed by atoms with Gasteiger partial charge in [-0.3, -0.25) is 14.4 Å². The van der Waals surface area contributed by atoms with E-state index >= 15 is 0 Å². The molecule has 3 N–H and O–H groups in total. The van der Waals surface area contributed by atoms with E-state index in [1.165, 1.54) is 38.6 Å². The number of carbonyl (C=O) groups is 3. The second-order valence-corrected chi connectivity index (χ2v) is 11.6. The maximum atomic E-state index is 13.6. The van der Waals surface area contributed by atoms with Crippen molar-refractivity contribution >= 4 is 39.6 Å². The molecule has 3 amide bonds. The summed E-state index contributed by atoms with van der Waals surface area (Å²) in [4.78, 5) is 37.0. The van der Waals surface area contributed by atoms with Crippen molar-refractivity contribution in [1.82, 2.24) is 15.0 Å². The zero-order chi connectivity index (χ0) is 32.9. The number of sulfonamides is 1. The van der Waals surface area contributed by atoms with Crippen molar-refractivity contribution in [3.8, 4) is 11.5 Å². The first kappa shape index (κ1) is 33.4. The lowest BCUT2D eigenvalue weighted by Crippen LogP contribution is -2.40. The van der Waals surface area contributed by atoms with Gasteiger partial charge in [-0.15, -0.1) is 0 Å². The molecule has 4 aromatic rings. The second-order valence-electron chi connectivity index (χ2n) is 9.69. The fraction of sp³-hybridized carbons (Fsp3) is 0.188. The molecule has 0 aliphatic heterocycles. The monoisotopic (exact) mass is 647 g/mol. The molecule has 0 atom stereocenters. The number of nitrogens with zero attached hydrogens (tertiary/aromatic N) is 2. The molecule has 4 rings (SSSR count). The van der Waals surface area contributed by atoms with E-state index in [1.807, 2.05) is 30.3 Å². The largest absolute Gasteiger partial charge is 0.493 e. The second kappa shape index (κ2) is 16.0. The molecule has 0 spiro atoms. The molecule has 13 nitrogen and oxygen atoms in total. The Kier molecular flexibility index (Phi) is 11.6. The molecule has 46 heavy (non-hydrogen) atoms. The van der Waals surface area contributed by atoms with Gasteiger partial charge in [0.2, 0.25) is 10.0 Å². The van der Waals surface area contributed by atoms with Crippen molar-refractivity contribution in [2.24, 2.45) is 5.10 Å². The van der Waals surface area contributed by atoms with Crippen LogP contribution in [0.1, 0.15) is 17.1 Å². The Bertz CT molecular complexity index is 1780. The number of hydrogen-bond donors (Lipinski definition) is 3. The summed E-state index contributed by atoms with van der Waals surface area (Å²) in [5, 5.41) is 8.82. The average Bonchev–Trinajstić information content (AvgIpc) is 3.53. The Morgan fingerprint density at radius 3 is 2.26 bits per heavy atom. The Hall–Kier alpha value is -5.47. The predicted molar refractivity (Wildman–Crippen MR) is 170 cm³/mol. The number of benzene rings is 3. The van der Waals surface area contributed by atoms with Crippen LogP contribution in [-0.2, 0) is 37.4 Å². The third-order valence-electron chi connectivity index (χ3n) is 6.53. The number of carbonyl (C=O) groups excluding carboxylic acids is 3. The highest BCUT2D eigenvalue weighted by Gasteiger charge is 2.28. The van der Waals surface area contributed by atoms with Crippen molar-refractivity contribution in [2.45, 2.75) is 17.9 Å². The number of furan rings is 1. The van der Waals surface area contributed by atoms with E-state index < -0.39 is 34.3 Å². The lowest BCUT2D eigenvalue weighted by molar-refractivity contribution is -0.136. The molecule has 0 aliphatic carbocycles. The topological polar surface area (TPSA) is 169 Å². The first-order chi connectivity index (χ1) is 22.2. The van der Waals surface area contributed by atoms with E-state index in [2.05, 4.69) is 21.2 Å². The Balaban J connectivity index is 1.36. The molecule has 1 aromatic heterocycles. The molecule has 0 unspecified atom stereocenters. The molecule has 0 radical (unpaired) electrons. The number of hydrogen-bond acceptors (Lipinski definition) is 9. The van der Waals surface area contributed by atoms with Crippen LogP contribution in [0.3, 0.4) is 0 Å². The molecule has 0 fully saturated rings. The minimum absolute atomic E-state index is 0.0223. The minimum atomic E-state index is -4.13. The number of hydrazone groups is 1. The Labute approximate surface area is 266 Å². The molecular formula is C32H33N5O8S. The number of amides is 3. The van der Waals surface area contributed by atoms with Crippen molar-refractivity contribution < 1.29 is 36.7 Å². The average molecular weight is 648 g/mol. The third kappa shape index (κ3) is 9.27.